The van der Waals surface area contributed by atoms with Crippen molar-refractivity contribution in [3.05, 3.63) is 70.0 Å². The molecule has 1 aliphatic heterocycles. The third kappa shape index (κ3) is 5.85. The third-order valence-electron chi connectivity index (χ3n) is 5.54. The molecular formula is C24H26Cl2N4OS. The molecule has 1 saturated heterocycles. The Balaban J connectivity index is 1.43. The number of rotatable bonds is 9. The molecule has 32 heavy (non-hydrogen) atoms. The van der Waals surface area contributed by atoms with Crippen molar-refractivity contribution >= 4 is 40.9 Å². The van der Waals surface area contributed by atoms with Gasteiger partial charge in [-0.2, -0.15) is 0 Å². The smallest absolute Gasteiger partial charge is 0.222 e. The highest BCUT2D eigenvalue weighted by molar-refractivity contribution is 7.99. The van der Waals surface area contributed by atoms with Crippen LogP contribution in [0.1, 0.15) is 43.5 Å². The van der Waals surface area contributed by atoms with E-state index in [2.05, 4.69) is 26.9 Å². The molecule has 0 saturated carbocycles. The minimum absolute atomic E-state index is 0.289. The van der Waals surface area contributed by atoms with Crippen molar-refractivity contribution in [2.75, 3.05) is 18.8 Å². The number of hydrogen-bond donors (Lipinski definition) is 0. The van der Waals surface area contributed by atoms with Gasteiger partial charge in [0.2, 0.25) is 5.91 Å². The van der Waals surface area contributed by atoms with Gasteiger partial charge in [-0.3, -0.25) is 9.36 Å². The summed E-state index contributed by atoms with van der Waals surface area (Å²) in [6.45, 7) is 1.84. The fourth-order valence-electron chi connectivity index (χ4n) is 3.84. The second-order valence-electron chi connectivity index (χ2n) is 7.89. The number of unbranched alkanes of at least 4 members (excludes halogenated alkanes) is 1. The van der Waals surface area contributed by atoms with Gasteiger partial charge in [-0.05, 0) is 49.4 Å². The fraction of sp³-hybridized carbons (Fsp3) is 0.375. The molecule has 0 unspecified atom stereocenters. The molecule has 1 aromatic heterocycles. The van der Waals surface area contributed by atoms with Crippen LogP contribution >= 0.6 is 35.0 Å². The van der Waals surface area contributed by atoms with Gasteiger partial charge >= 0.3 is 0 Å². The Morgan fingerprint density at radius 3 is 2.50 bits per heavy atom. The topological polar surface area (TPSA) is 51.0 Å². The first-order valence-electron chi connectivity index (χ1n) is 11.0. The highest BCUT2D eigenvalue weighted by Gasteiger charge is 2.18. The highest BCUT2D eigenvalue weighted by Crippen LogP contribution is 2.29. The summed E-state index contributed by atoms with van der Waals surface area (Å²) in [7, 11) is 0. The van der Waals surface area contributed by atoms with Gasteiger partial charge < -0.3 is 4.90 Å². The summed E-state index contributed by atoms with van der Waals surface area (Å²) in [6, 6.07) is 15.8. The van der Waals surface area contributed by atoms with Gasteiger partial charge in [0.1, 0.15) is 5.82 Å². The monoisotopic (exact) mass is 488 g/mol. The van der Waals surface area contributed by atoms with E-state index >= 15 is 0 Å². The molecule has 4 rings (SSSR count). The van der Waals surface area contributed by atoms with Gasteiger partial charge in [-0.1, -0.05) is 65.3 Å². The number of carbonyl (C=O) groups is 1. The standard InChI is InChI=1S/C24H26Cl2N4OS/c25-20-12-11-19(17-21(20)26)30-22(16-18-8-2-1-3-9-18)27-28-24(30)32-15-7-4-10-23(31)29-13-5-6-14-29/h1-3,8-9,11-12,17H,4-7,10,13-16H2. The van der Waals surface area contributed by atoms with E-state index in [0.29, 0.717) is 22.9 Å². The first-order chi connectivity index (χ1) is 15.6. The molecule has 0 N–H and O–H groups in total. The Hall–Kier alpha value is -2.02. The first kappa shape index (κ1) is 23.1. The van der Waals surface area contributed by atoms with Crippen LogP contribution in [0.15, 0.2) is 53.7 Å². The average Bonchev–Trinajstić information content (AvgIpc) is 3.47. The zero-order valence-corrected chi connectivity index (χ0v) is 20.2. The van der Waals surface area contributed by atoms with Crippen LogP contribution in [0.5, 0.6) is 0 Å². The molecular weight excluding hydrogens is 463 g/mol. The largest absolute Gasteiger partial charge is 0.343 e. The minimum atomic E-state index is 0.289. The Bertz CT molecular complexity index is 1050. The normalized spacial score (nSPS) is 13.6. The maximum atomic E-state index is 12.2. The van der Waals surface area contributed by atoms with E-state index in [-0.39, 0.29) is 5.91 Å². The van der Waals surface area contributed by atoms with Crippen molar-refractivity contribution in [3.63, 3.8) is 0 Å². The summed E-state index contributed by atoms with van der Waals surface area (Å²) >= 11 is 14.1. The maximum Gasteiger partial charge on any atom is 0.222 e. The van der Waals surface area contributed by atoms with Crippen molar-refractivity contribution in [1.82, 2.24) is 19.7 Å². The van der Waals surface area contributed by atoms with E-state index in [1.54, 1.807) is 17.8 Å². The van der Waals surface area contributed by atoms with Crippen LogP contribution in [0.4, 0.5) is 0 Å². The fourth-order valence-corrected chi connectivity index (χ4v) is 5.10. The van der Waals surface area contributed by atoms with Crippen LogP contribution < -0.4 is 0 Å². The predicted molar refractivity (Wildman–Crippen MR) is 131 cm³/mol. The zero-order valence-electron chi connectivity index (χ0n) is 17.8. The SMILES string of the molecule is O=C(CCCCSc1nnc(Cc2ccccc2)n1-c1ccc(Cl)c(Cl)c1)N1CCCC1. The van der Waals surface area contributed by atoms with Crippen LogP contribution in [-0.2, 0) is 11.2 Å². The van der Waals surface area contributed by atoms with Gasteiger partial charge in [-0.15, -0.1) is 10.2 Å². The van der Waals surface area contributed by atoms with Crippen LogP contribution in [-0.4, -0.2) is 44.4 Å². The Morgan fingerprint density at radius 1 is 0.969 bits per heavy atom. The molecule has 1 amide bonds. The van der Waals surface area contributed by atoms with Crippen LogP contribution in [0.2, 0.25) is 10.0 Å². The molecule has 0 atom stereocenters. The van der Waals surface area contributed by atoms with Crippen molar-refractivity contribution in [2.45, 2.75) is 43.7 Å². The van der Waals surface area contributed by atoms with Gasteiger partial charge in [0.25, 0.3) is 0 Å². The average molecular weight is 489 g/mol. The molecule has 3 aromatic rings. The van der Waals surface area contributed by atoms with Gasteiger partial charge in [0.15, 0.2) is 5.16 Å². The van der Waals surface area contributed by atoms with Gasteiger partial charge in [0.05, 0.1) is 15.7 Å². The van der Waals surface area contributed by atoms with Crippen molar-refractivity contribution in [1.29, 1.82) is 0 Å². The number of hydrogen-bond acceptors (Lipinski definition) is 4. The number of aromatic nitrogens is 3. The molecule has 168 valence electrons. The lowest BCUT2D eigenvalue weighted by molar-refractivity contribution is -0.130. The number of thioether (sulfide) groups is 1. The molecule has 8 heteroatoms. The van der Waals surface area contributed by atoms with Crippen molar-refractivity contribution < 1.29 is 4.79 Å². The number of benzene rings is 2. The van der Waals surface area contributed by atoms with E-state index in [1.165, 1.54) is 0 Å². The molecule has 0 aliphatic carbocycles. The summed E-state index contributed by atoms with van der Waals surface area (Å²) in [5.41, 5.74) is 2.06. The molecule has 0 radical (unpaired) electrons. The maximum absolute atomic E-state index is 12.2. The summed E-state index contributed by atoms with van der Waals surface area (Å²) in [5.74, 6) is 2.01. The van der Waals surface area contributed by atoms with Gasteiger partial charge in [0, 0.05) is 31.7 Å². The Labute approximate surface area is 203 Å². The molecule has 1 aliphatic rings. The molecule has 0 bridgehead atoms. The van der Waals surface area contributed by atoms with Crippen LogP contribution in [0.3, 0.4) is 0 Å². The lowest BCUT2D eigenvalue weighted by Gasteiger charge is -2.14. The number of halogens is 2. The molecule has 5 nitrogen and oxygen atoms in total. The summed E-state index contributed by atoms with van der Waals surface area (Å²) in [4.78, 5) is 14.2. The van der Waals surface area contributed by atoms with E-state index in [4.69, 9.17) is 23.2 Å². The molecule has 1 fully saturated rings. The lowest BCUT2D eigenvalue weighted by atomic mass is 10.1. The highest BCUT2D eigenvalue weighted by atomic mass is 35.5. The Morgan fingerprint density at radius 2 is 1.75 bits per heavy atom. The third-order valence-corrected chi connectivity index (χ3v) is 7.30. The second kappa shape index (κ2) is 11.2. The van der Waals surface area contributed by atoms with Crippen LogP contribution in [0.25, 0.3) is 5.69 Å². The first-order valence-corrected chi connectivity index (χ1v) is 12.7. The quantitative estimate of drug-likeness (QED) is 0.271. The summed E-state index contributed by atoms with van der Waals surface area (Å²) < 4.78 is 2.05. The number of carbonyl (C=O) groups excluding carboxylic acids is 1. The molecule has 2 heterocycles. The lowest BCUT2D eigenvalue weighted by Crippen LogP contribution is -2.27. The predicted octanol–water partition coefficient (Wildman–Crippen LogP) is 6.05. The number of nitrogens with zero attached hydrogens (tertiary/aromatic N) is 4. The molecule has 0 spiro atoms. The number of amides is 1. The zero-order chi connectivity index (χ0) is 22.3. The summed E-state index contributed by atoms with van der Waals surface area (Å²) in [6.07, 6.45) is 5.40. The van der Waals surface area contributed by atoms with Crippen LogP contribution in [0, 0.1) is 0 Å². The van der Waals surface area contributed by atoms with Crippen molar-refractivity contribution in [2.24, 2.45) is 0 Å². The van der Waals surface area contributed by atoms with E-state index in [0.717, 1.165) is 66.8 Å². The number of likely N-dealkylation sites (tertiary alicyclic amines) is 1. The summed E-state index contributed by atoms with van der Waals surface area (Å²) in [5, 5.41) is 10.8. The van der Waals surface area contributed by atoms with E-state index in [9.17, 15) is 4.79 Å². The molecule has 2 aromatic carbocycles. The minimum Gasteiger partial charge on any atom is -0.343 e. The van der Waals surface area contributed by atoms with Crippen molar-refractivity contribution in [3.8, 4) is 5.69 Å². The second-order valence-corrected chi connectivity index (χ2v) is 9.76. The van der Waals surface area contributed by atoms with Gasteiger partial charge in [-0.25, -0.2) is 0 Å². The van der Waals surface area contributed by atoms with E-state index < -0.39 is 0 Å². The Kier molecular flexibility index (Phi) is 8.11. The van der Waals surface area contributed by atoms with E-state index in [1.807, 2.05) is 35.2 Å².